The summed E-state index contributed by atoms with van der Waals surface area (Å²) in [5.74, 6) is 0.817. The number of pyridine rings is 1. The summed E-state index contributed by atoms with van der Waals surface area (Å²) in [4.78, 5) is 14.3. The molecule has 3 rings (SSSR count). The average molecular weight is 258 g/mol. The molecule has 1 aliphatic carbocycles. The van der Waals surface area contributed by atoms with E-state index in [9.17, 15) is 4.79 Å². The number of rotatable bonds is 2. The average Bonchev–Trinajstić information content (AvgIpc) is 2.39. The second-order valence-electron chi connectivity index (χ2n) is 5.22. The molecule has 2 aromatic rings. The Balaban J connectivity index is 1.83. The minimum atomic E-state index is -0.0660. The lowest BCUT2D eigenvalue weighted by atomic mass is 9.93. The number of hydrogen-bond acceptors (Lipinski definition) is 3. The molecule has 0 spiro atoms. The van der Waals surface area contributed by atoms with Crippen molar-refractivity contribution in [1.82, 2.24) is 4.98 Å². The smallest absolute Gasteiger partial charge is 0.255 e. The van der Waals surface area contributed by atoms with E-state index in [4.69, 9.17) is 10.5 Å². The number of nitrogens with one attached hydrogen (secondary N) is 1. The third-order valence-electron chi connectivity index (χ3n) is 3.71. The van der Waals surface area contributed by atoms with Crippen molar-refractivity contribution in [3.8, 4) is 5.75 Å². The van der Waals surface area contributed by atoms with E-state index >= 15 is 0 Å². The van der Waals surface area contributed by atoms with E-state index < -0.39 is 0 Å². The predicted octanol–water partition coefficient (Wildman–Crippen LogP) is 2.18. The van der Waals surface area contributed by atoms with Gasteiger partial charge in [0.1, 0.15) is 11.9 Å². The zero-order valence-corrected chi connectivity index (χ0v) is 10.8. The van der Waals surface area contributed by atoms with E-state index in [0.29, 0.717) is 5.39 Å². The Labute approximate surface area is 111 Å². The molecule has 0 unspecified atom stereocenters. The Hall–Kier alpha value is -1.81. The Morgan fingerprint density at radius 2 is 2.16 bits per heavy atom. The van der Waals surface area contributed by atoms with Crippen LogP contribution in [0.25, 0.3) is 10.8 Å². The van der Waals surface area contributed by atoms with Gasteiger partial charge in [-0.3, -0.25) is 4.79 Å². The van der Waals surface area contributed by atoms with Crippen LogP contribution >= 0.6 is 0 Å². The minimum absolute atomic E-state index is 0.0660. The number of benzene rings is 1. The predicted molar refractivity (Wildman–Crippen MR) is 75.4 cm³/mol. The first-order valence-electron chi connectivity index (χ1n) is 6.76. The summed E-state index contributed by atoms with van der Waals surface area (Å²) in [7, 11) is 0. The number of hydrogen-bond donors (Lipinski definition) is 2. The third-order valence-corrected chi connectivity index (χ3v) is 3.71. The fraction of sp³-hybridized carbons (Fsp3) is 0.400. The van der Waals surface area contributed by atoms with Crippen LogP contribution in [-0.2, 0) is 0 Å². The van der Waals surface area contributed by atoms with Gasteiger partial charge in [-0.15, -0.1) is 0 Å². The zero-order valence-electron chi connectivity index (χ0n) is 10.8. The van der Waals surface area contributed by atoms with E-state index in [1.54, 1.807) is 6.20 Å². The molecule has 1 saturated carbocycles. The number of aromatic nitrogens is 1. The van der Waals surface area contributed by atoms with Crippen molar-refractivity contribution < 1.29 is 4.74 Å². The van der Waals surface area contributed by atoms with E-state index in [0.717, 1.165) is 36.8 Å². The van der Waals surface area contributed by atoms with Gasteiger partial charge in [0.2, 0.25) is 0 Å². The Morgan fingerprint density at radius 1 is 1.26 bits per heavy atom. The largest absolute Gasteiger partial charge is 0.490 e. The minimum Gasteiger partial charge on any atom is -0.490 e. The molecule has 0 radical (unpaired) electrons. The van der Waals surface area contributed by atoms with Gasteiger partial charge in [-0.2, -0.15) is 0 Å². The molecule has 0 bridgehead atoms. The van der Waals surface area contributed by atoms with Crippen LogP contribution in [0.15, 0.2) is 35.3 Å². The summed E-state index contributed by atoms with van der Waals surface area (Å²) >= 11 is 0. The second kappa shape index (κ2) is 5.05. The Bertz CT molecular complexity index is 635. The standard InChI is InChI=1S/C15H18N2O2/c16-11-2-1-3-12(9-11)19-13-4-5-14-10(8-13)6-7-17-15(14)18/h4-8,11-12H,1-3,9,16H2,(H,17,18)/t11-,12-/m0/s1. The summed E-state index contributed by atoms with van der Waals surface area (Å²) < 4.78 is 5.98. The monoisotopic (exact) mass is 258 g/mol. The van der Waals surface area contributed by atoms with E-state index in [1.807, 2.05) is 24.3 Å². The molecule has 1 aromatic carbocycles. The van der Waals surface area contributed by atoms with Crippen LogP contribution in [0, 0.1) is 0 Å². The van der Waals surface area contributed by atoms with Crippen LogP contribution in [0.5, 0.6) is 5.75 Å². The molecule has 1 aliphatic rings. The molecule has 1 fully saturated rings. The van der Waals surface area contributed by atoms with Crippen LogP contribution in [0.2, 0.25) is 0 Å². The zero-order chi connectivity index (χ0) is 13.2. The number of ether oxygens (including phenoxy) is 1. The summed E-state index contributed by atoms with van der Waals surface area (Å²) in [6, 6.07) is 7.73. The van der Waals surface area contributed by atoms with Crippen LogP contribution < -0.4 is 16.0 Å². The SMILES string of the molecule is N[C@H]1CCC[C@H](Oc2ccc3c(=O)[nH]ccc3c2)C1. The molecule has 0 aliphatic heterocycles. The van der Waals surface area contributed by atoms with Crippen LogP contribution in [-0.4, -0.2) is 17.1 Å². The molecular formula is C15H18N2O2. The van der Waals surface area contributed by atoms with Crippen molar-refractivity contribution in [3.63, 3.8) is 0 Å². The van der Waals surface area contributed by atoms with E-state index in [1.165, 1.54) is 0 Å². The number of fused-ring (bicyclic) bond motifs is 1. The summed E-state index contributed by atoms with van der Waals surface area (Å²) in [5, 5.41) is 1.59. The number of aromatic amines is 1. The van der Waals surface area contributed by atoms with Crippen LogP contribution in [0.1, 0.15) is 25.7 Å². The van der Waals surface area contributed by atoms with Crippen LogP contribution in [0.4, 0.5) is 0 Å². The maximum absolute atomic E-state index is 11.6. The molecular weight excluding hydrogens is 240 g/mol. The quantitative estimate of drug-likeness (QED) is 0.867. The second-order valence-corrected chi connectivity index (χ2v) is 5.22. The molecule has 4 heteroatoms. The molecule has 100 valence electrons. The number of H-pyrrole nitrogens is 1. The van der Waals surface area contributed by atoms with Crippen molar-refractivity contribution >= 4 is 10.8 Å². The van der Waals surface area contributed by atoms with Crippen molar-refractivity contribution in [3.05, 3.63) is 40.8 Å². The van der Waals surface area contributed by atoms with Gasteiger partial charge in [0, 0.05) is 17.6 Å². The maximum atomic E-state index is 11.6. The highest BCUT2D eigenvalue weighted by atomic mass is 16.5. The maximum Gasteiger partial charge on any atom is 0.255 e. The molecule has 1 aromatic heterocycles. The highest BCUT2D eigenvalue weighted by Crippen LogP contribution is 2.24. The Kier molecular flexibility index (Phi) is 3.25. The van der Waals surface area contributed by atoms with E-state index in [2.05, 4.69) is 4.98 Å². The Morgan fingerprint density at radius 3 is 3.00 bits per heavy atom. The first-order valence-corrected chi connectivity index (χ1v) is 6.76. The molecule has 3 N–H and O–H groups in total. The topological polar surface area (TPSA) is 68.1 Å². The lowest BCUT2D eigenvalue weighted by Gasteiger charge is -2.27. The number of nitrogens with two attached hydrogens (primary N) is 1. The third kappa shape index (κ3) is 2.63. The fourth-order valence-corrected chi connectivity index (χ4v) is 2.72. The van der Waals surface area contributed by atoms with Crippen molar-refractivity contribution in [2.45, 2.75) is 37.8 Å². The molecule has 4 nitrogen and oxygen atoms in total. The lowest BCUT2D eigenvalue weighted by Crippen LogP contribution is -2.33. The highest BCUT2D eigenvalue weighted by Gasteiger charge is 2.20. The van der Waals surface area contributed by atoms with Gasteiger partial charge in [-0.05, 0) is 55.3 Å². The van der Waals surface area contributed by atoms with Gasteiger partial charge in [-0.1, -0.05) is 0 Å². The molecule has 0 amide bonds. The molecule has 1 heterocycles. The van der Waals surface area contributed by atoms with Gasteiger partial charge in [0.15, 0.2) is 0 Å². The molecule has 2 atom stereocenters. The lowest BCUT2D eigenvalue weighted by molar-refractivity contribution is 0.144. The van der Waals surface area contributed by atoms with Gasteiger partial charge in [0.25, 0.3) is 5.56 Å². The van der Waals surface area contributed by atoms with Gasteiger partial charge >= 0.3 is 0 Å². The van der Waals surface area contributed by atoms with Crippen molar-refractivity contribution in [2.75, 3.05) is 0 Å². The van der Waals surface area contributed by atoms with Crippen molar-refractivity contribution in [2.24, 2.45) is 5.73 Å². The summed E-state index contributed by atoms with van der Waals surface area (Å²) in [6.07, 6.45) is 6.04. The van der Waals surface area contributed by atoms with E-state index in [-0.39, 0.29) is 17.7 Å². The molecule has 0 saturated heterocycles. The van der Waals surface area contributed by atoms with Crippen molar-refractivity contribution in [1.29, 1.82) is 0 Å². The van der Waals surface area contributed by atoms with Crippen LogP contribution in [0.3, 0.4) is 0 Å². The summed E-state index contributed by atoms with van der Waals surface area (Å²) in [6.45, 7) is 0. The summed E-state index contributed by atoms with van der Waals surface area (Å²) in [5.41, 5.74) is 5.90. The van der Waals surface area contributed by atoms with Gasteiger partial charge < -0.3 is 15.5 Å². The first-order chi connectivity index (χ1) is 9.22. The van der Waals surface area contributed by atoms with Gasteiger partial charge in [-0.25, -0.2) is 0 Å². The normalized spacial score (nSPS) is 23.4. The highest BCUT2D eigenvalue weighted by molar-refractivity contribution is 5.82. The molecule has 19 heavy (non-hydrogen) atoms. The first kappa shape index (κ1) is 12.2. The fourth-order valence-electron chi connectivity index (χ4n) is 2.72. The van der Waals surface area contributed by atoms with Gasteiger partial charge in [0.05, 0.1) is 0 Å².